The first-order chi connectivity index (χ1) is 6.07. The molecular formula is C6H16N6O. The van der Waals surface area contributed by atoms with E-state index in [4.69, 9.17) is 22.7 Å². The number of amides is 1. The van der Waals surface area contributed by atoms with E-state index < -0.39 is 6.04 Å². The molecule has 0 saturated carbocycles. The van der Waals surface area contributed by atoms with Gasteiger partial charge in [0.25, 0.3) is 5.91 Å². The molecule has 0 fully saturated rings. The van der Waals surface area contributed by atoms with E-state index in [-0.39, 0.29) is 11.9 Å². The third kappa shape index (κ3) is 5.88. The molecule has 0 aliphatic carbocycles. The van der Waals surface area contributed by atoms with Gasteiger partial charge >= 0.3 is 0 Å². The van der Waals surface area contributed by atoms with Gasteiger partial charge in [0.2, 0.25) is 0 Å². The molecule has 1 amide bonds. The van der Waals surface area contributed by atoms with Gasteiger partial charge in [-0.25, -0.2) is 5.84 Å². The molecule has 1 atom stereocenters. The Morgan fingerprint density at radius 3 is 2.62 bits per heavy atom. The Labute approximate surface area is 76.5 Å². The molecule has 0 saturated heterocycles. The van der Waals surface area contributed by atoms with Gasteiger partial charge in [0.05, 0.1) is 6.04 Å². The first-order valence-electron chi connectivity index (χ1n) is 3.92. The first kappa shape index (κ1) is 11.7. The van der Waals surface area contributed by atoms with Gasteiger partial charge in [-0.05, 0) is 12.8 Å². The van der Waals surface area contributed by atoms with Crippen LogP contribution in [0.3, 0.4) is 0 Å². The van der Waals surface area contributed by atoms with Crippen LogP contribution < -0.4 is 28.1 Å². The van der Waals surface area contributed by atoms with Crippen LogP contribution in [0, 0.1) is 5.41 Å². The zero-order valence-corrected chi connectivity index (χ0v) is 7.34. The van der Waals surface area contributed by atoms with E-state index >= 15 is 0 Å². The highest BCUT2D eigenvalue weighted by atomic mass is 16.2. The summed E-state index contributed by atoms with van der Waals surface area (Å²) in [4.78, 5) is 10.8. The largest absolute Gasteiger partial charge is 0.370 e. The van der Waals surface area contributed by atoms with Gasteiger partial charge in [-0.2, -0.15) is 0 Å². The first-order valence-corrected chi connectivity index (χ1v) is 3.92. The Kier molecular flexibility index (Phi) is 5.57. The summed E-state index contributed by atoms with van der Waals surface area (Å²) >= 11 is 0. The van der Waals surface area contributed by atoms with Crippen molar-refractivity contribution in [1.29, 1.82) is 5.41 Å². The molecule has 0 heterocycles. The summed E-state index contributed by atoms with van der Waals surface area (Å²) in [5.74, 6) is 4.40. The number of carbonyl (C=O) groups is 1. The van der Waals surface area contributed by atoms with Gasteiger partial charge < -0.3 is 16.8 Å². The molecule has 0 aromatic rings. The summed E-state index contributed by atoms with van der Waals surface area (Å²) < 4.78 is 0. The molecule has 0 radical (unpaired) electrons. The van der Waals surface area contributed by atoms with Gasteiger partial charge in [0, 0.05) is 6.54 Å². The van der Waals surface area contributed by atoms with E-state index in [1.807, 2.05) is 5.43 Å². The second-order valence-corrected chi connectivity index (χ2v) is 2.60. The monoisotopic (exact) mass is 188 g/mol. The standard InChI is InChI=1S/C6H16N6O/c7-4(5(13)12-10)2-1-3-11-6(8)9/h4H,1-3,7,10H2,(H,12,13)(H4,8,9,11). The SMILES string of the molecule is N=C(N)NCCCC(N)C(=O)NN. The van der Waals surface area contributed by atoms with Crippen molar-refractivity contribution in [2.24, 2.45) is 17.3 Å². The number of hydrogen-bond acceptors (Lipinski definition) is 4. The minimum Gasteiger partial charge on any atom is -0.370 e. The third-order valence-electron chi connectivity index (χ3n) is 1.49. The summed E-state index contributed by atoms with van der Waals surface area (Å²) in [7, 11) is 0. The van der Waals surface area contributed by atoms with E-state index in [0.717, 1.165) is 0 Å². The van der Waals surface area contributed by atoms with Crippen molar-refractivity contribution in [2.45, 2.75) is 18.9 Å². The topological polar surface area (TPSA) is 143 Å². The molecule has 1 unspecified atom stereocenters. The van der Waals surface area contributed by atoms with Crippen molar-refractivity contribution in [3.8, 4) is 0 Å². The Morgan fingerprint density at radius 1 is 1.54 bits per heavy atom. The van der Waals surface area contributed by atoms with Crippen LogP contribution in [-0.4, -0.2) is 24.5 Å². The average Bonchev–Trinajstić information content (AvgIpc) is 2.10. The van der Waals surface area contributed by atoms with Crippen molar-refractivity contribution in [1.82, 2.24) is 10.7 Å². The van der Waals surface area contributed by atoms with Gasteiger partial charge in [-0.15, -0.1) is 0 Å². The van der Waals surface area contributed by atoms with Crippen molar-refractivity contribution in [3.63, 3.8) is 0 Å². The molecular weight excluding hydrogens is 172 g/mol. The molecule has 9 N–H and O–H groups in total. The molecule has 76 valence electrons. The average molecular weight is 188 g/mol. The summed E-state index contributed by atoms with van der Waals surface area (Å²) in [5, 5.41) is 9.44. The number of carbonyl (C=O) groups excluding carboxylic acids is 1. The minimum absolute atomic E-state index is 0.0863. The third-order valence-corrected chi connectivity index (χ3v) is 1.49. The lowest BCUT2D eigenvalue weighted by Crippen LogP contribution is -2.44. The van der Waals surface area contributed by atoms with Crippen molar-refractivity contribution < 1.29 is 4.79 Å². The summed E-state index contributed by atoms with van der Waals surface area (Å²) in [5.41, 5.74) is 12.4. The van der Waals surface area contributed by atoms with Gasteiger partial charge in [-0.3, -0.25) is 15.6 Å². The maximum Gasteiger partial charge on any atom is 0.250 e. The smallest absolute Gasteiger partial charge is 0.250 e. The van der Waals surface area contributed by atoms with E-state index in [1.165, 1.54) is 0 Å². The summed E-state index contributed by atoms with van der Waals surface area (Å²) in [6.45, 7) is 0.529. The zero-order chi connectivity index (χ0) is 10.3. The fraction of sp³-hybridized carbons (Fsp3) is 0.667. The Hall–Kier alpha value is -1.34. The van der Waals surface area contributed by atoms with Crippen LogP contribution in [0.5, 0.6) is 0 Å². The quantitative estimate of drug-likeness (QED) is 0.0709. The molecule has 0 aliphatic rings. The summed E-state index contributed by atoms with van der Waals surface area (Å²) in [6.07, 6.45) is 1.16. The lowest BCUT2D eigenvalue weighted by molar-refractivity contribution is -0.122. The second kappa shape index (κ2) is 6.21. The molecule has 0 aliphatic heterocycles. The van der Waals surface area contributed by atoms with Gasteiger partial charge in [0.1, 0.15) is 0 Å². The molecule has 7 heteroatoms. The maximum absolute atomic E-state index is 10.8. The fourth-order valence-electron chi connectivity index (χ4n) is 0.783. The van der Waals surface area contributed by atoms with E-state index in [9.17, 15) is 4.79 Å². The van der Waals surface area contributed by atoms with Crippen molar-refractivity contribution >= 4 is 11.9 Å². The number of nitrogens with one attached hydrogen (secondary N) is 3. The highest BCUT2D eigenvalue weighted by Crippen LogP contribution is 1.92. The number of guanidine groups is 1. The Bertz CT molecular complexity index is 182. The summed E-state index contributed by atoms with van der Waals surface area (Å²) in [6, 6.07) is -0.598. The van der Waals surface area contributed by atoms with E-state index in [0.29, 0.717) is 19.4 Å². The lowest BCUT2D eigenvalue weighted by atomic mass is 10.1. The number of nitrogens with two attached hydrogens (primary N) is 3. The normalized spacial score (nSPS) is 11.8. The van der Waals surface area contributed by atoms with Crippen LogP contribution >= 0.6 is 0 Å². The highest BCUT2D eigenvalue weighted by Gasteiger charge is 2.10. The molecule has 7 nitrogen and oxygen atoms in total. The van der Waals surface area contributed by atoms with Crippen molar-refractivity contribution in [3.05, 3.63) is 0 Å². The highest BCUT2D eigenvalue weighted by molar-refractivity contribution is 5.80. The predicted molar refractivity (Wildman–Crippen MR) is 49.5 cm³/mol. The van der Waals surface area contributed by atoms with E-state index in [1.54, 1.807) is 0 Å². The Morgan fingerprint density at radius 2 is 2.15 bits per heavy atom. The molecule has 13 heavy (non-hydrogen) atoms. The predicted octanol–water partition coefficient (Wildman–Crippen LogP) is -2.43. The van der Waals surface area contributed by atoms with E-state index in [2.05, 4.69) is 5.32 Å². The van der Waals surface area contributed by atoms with Crippen LogP contribution in [-0.2, 0) is 4.79 Å². The molecule has 0 rings (SSSR count). The minimum atomic E-state index is -0.598. The lowest BCUT2D eigenvalue weighted by Gasteiger charge is -2.09. The van der Waals surface area contributed by atoms with Crippen LogP contribution in [0.25, 0.3) is 0 Å². The zero-order valence-electron chi connectivity index (χ0n) is 7.34. The van der Waals surface area contributed by atoms with Crippen LogP contribution in [0.1, 0.15) is 12.8 Å². The molecule has 0 bridgehead atoms. The van der Waals surface area contributed by atoms with Gasteiger partial charge in [0.15, 0.2) is 5.96 Å². The number of hydrogen-bond donors (Lipinski definition) is 6. The fourth-order valence-corrected chi connectivity index (χ4v) is 0.783. The van der Waals surface area contributed by atoms with Crippen LogP contribution in [0.4, 0.5) is 0 Å². The van der Waals surface area contributed by atoms with Gasteiger partial charge in [-0.1, -0.05) is 0 Å². The number of hydrazine groups is 1. The second-order valence-electron chi connectivity index (χ2n) is 2.60. The number of rotatable bonds is 5. The molecule has 0 aromatic carbocycles. The Balaban J connectivity index is 3.42. The molecule has 0 spiro atoms. The maximum atomic E-state index is 10.8. The molecule has 0 aromatic heterocycles. The van der Waals surface area contributed by atoms with Crippen LogP contribution in [0.15, 0.2) is 0 Å². The van der Waals surface area contributed by atoms with Crippen molar-refractivity contribution in [2.75, 3.05) is 6.54 Å². The van der Waals surface area contributed by atoms with Crippen LogP contribution in [0.2, 0.25) is 0 Å².